The molecule has 8 heteroatoms. The molecule has 2 rings (SSSR count). The van der Waals surface area contributed by atoms with Gasteiger partial charge in [-0.05, 0) is 25.7 Å². The summed E-state index contributed by atoms with van der Waals surface area (Å²) in [7, 11) is 0. The van der Waals surface area contributed by atoms with Crippen molar-refractivity contribution in [2.45, 2.75) is 31.4 Å². The van der Waals surface area contributed by atoms with Crippen LogP contribution in [0.1, 0.15) is 30.7 Å². The number of rotatable bonds is 8. The molecule has 1 fully saturated rings. The van der Waals surface area contributed by atoms with Crippen LogP contribution in [-0.2, 0) is 4.84 Å². The molecule has 0 aromatic carbocycles. The van der Waals surface area contributed by atoms with E-state index in [1.165, 1.54) is 19.1 Å². The van der Waals surface area contributed by atoms with Gasteiger partial charge in [-0.3, -0.25) is 0 Å². The van der Waals surface area contributed by atoms with Crippen LogP contribution in [0.4, 0.5) is 13.2 Å². The Morgan fingerprint density at radius 2 is 2.24 bits per heavy atom. The average Bonchev–Trinajstić information content (AvgIpc) is 3.19. The summed E-state index contributed by atoms with van der Waals surface area (Å²) >= 11 is 1.07. The Morgan fingerprint density at radius 1 is 1.48 bits per heavy atom. The molecule has 0 N–H and O–H groups in total. The minimum Gasteiger partial charge on any atom is -0.430 e. The molecule has 0 amide bonds. The fraction of sp³-hybridized carbons (Fsp3) is 0.538. The van der Waals surface area contributed by atoms with Crippen molar-refractivity contribution in [2.75, 3.05) is 12.4 Å². The first-order valence-corrected chi connectivity index (χ1v) is 7.50. The van der Waals surface area contributed by atoms with Crippen molar-refractivity contribution in [3.63, 3.8) is 0 Å². The van der Waals surface area contributed by atoms with E-state index < -0.39 is 11.9 Å². The normalized spacial score (nSPS) is 14.7. The third kappa shape index (κ3) is 5.45. The summed E-state index contributed by atoms with van der Waals surface area (Å²) in [5.41, 5.74) is 0.615. The van der Waals surface area contributed by atoms with Gasteiger partial charge in [0.1, 0.15) is 12.8 Å². The summed E-state index contributed by atoms with van der Waals surface area (Å²) in [5, 5.41) is 4.09. The molecule has 0 atom stereocenters. The SMILES string of the molecule is Cc1nc(SCCC(F)=C(F)F)oc1C=NOCC1CC1. The molecule has 0 aliphatic heterocycles. The van der Waals surface area contributed by atoms with Crippen LogP contribution in [0.5, 0.6) is 0 Å². The van der Waals surface area contributed by atoms with Crippen LogP contribution in [0, 0.1) is 12.8 Å². The Balaban J connectivity index is 1.79. The number of allylic oxidation sites excluding steroid dienone is 1. The Kier molecular flexibility index (Phi) is 5.72. The number of aryl methyl sites for hydroxylation is 1. The number of oxime groups is 1. The molecule has 1 aliphatic rings. The number of hydrogen-bond donors (Lipinski definition) is 0. The lowest BCUT2D eigenvalue weighted by molar-refractivity contribution is 0.135. The average molecular weight is 320 g/mol. The fourth-order valence-corrected chi connectivity index (χ4v) is 2.21. The van der Waals surface area contributed by atoms with Gasteiger partial charge in [-0.25, -0.2) is 9.37 Å². The lowest BCUT2D eigenvalue weighted by Gasteiger charge is -1.95. The highest BCUT2D eigenvalue weighted by molar-refractivity contribution is 7.99. The van der Waals surface area contributed by atoms with E-state index in [1.807, 2.05) is 0 Å². The van der Waals surface area contributed by atoms with Gasteiger partial charge in [0.25, 0.3) is 5.22 Å². The smallest absolute Gasteiger partial charge is 0.301 e. The van der Waals surface area contributed by atoms with E-state index >= 15 is 0 Å². The Morgan fingerprint density at radius 3 is 2.90 bits per heavy atom. The van der Waals surface area contributed by atoms with Crippen molar-refractivity contribution in [2.24, 2.45) is 11.1 Å². The Labute approximate surface area is 124 Å². The molecule has 0 saturated heterocycles. The fourth-order valence-electron chi connectivity index (χ4n) is 1.40. The van der Waals surface area contributed by atoms with Crippen molar-refractivity contribution < 1.29 is 22.4 Å². The highest BCUT2D eigenvalue weighted by Crippen LogP contribution is 2.28. The van der Waals surface area contributed by atoms with E-state index in [-0.39, 0.29) is 12.2 Å². The van der Waals surface area contributed by atoms with Crippen LogP contribution in [-0.4, -0.2) is 23.6 Å². The molecule has 1 aromatic rings. The summed E-state index contributed by atoms with van der Waals surface area (Å²) in [4.78, 5) is 9.20. The molecule has 0 bridgehead atoms. The lowest BCUT2D eigenvalue weighted by atomic mass is 10.4. The predicted octanol–water partition coefficient (Wildman–Crippen LogP) is 4.30. The van der Waals surface area contributed by atoms with Crippen molar-refractivity contribution in [3.8, 4) is 0 Å². The number of hydrogen-bond acceptors (Lipinski definition) is 5. The summed E-state index contributed by atoms with van der Waals surface area (Å²) < 4.78 is 41.8. The summed E-state index contributed by atoms with van der Waals surface area (Å²) in [6, 6.07) is 0. The maximum Gasteiger partial charge on any atom is 0.301 e. The molecule has 1 heterocycles. The molecular weight excluding hydrogens is 305 g/mol. The second-order valence-corrected chi connectivity index (χ2v) is 5.71. The highest BCUT2D eigenvalue weighted by Gasteiger charge is 2.21. The van der Waals surface area contributed by atoms with E-state index in [9.17, 15) is 13.2 Å². The number of oxazole rings is 1. The van der Waals surface area contributed by atoms with Crippen molar-refractivity contribution in [1.82, 2.24) is 4.98 Å². The molecule has 0 spiro atoms. The van der Waals surface area contributed by atoms with Gasteiger partial charge in [-0.1, -0.05) is 16.9 Å². The largest absolute Gasteiger partial charge is 0.430 e. The first-order valence-electron chi connectivity index (χ1n) is 6.51. The van der Waals surface area contributed by atoms with Gasteiger partial charge in [0.2, 0.25) is 0 Å². The number of halogens is 3. The van der Waals surface area contributed by atoms with Crippen LogP contribution in [0.2, 0.25) is 0 Å². The highest BCUT2D eigenvalue weighted by atomic mass is 32.2. The minimum atomic E-state index is -2.28. The predicted molar refractivity (Wildman–Crippen MR) is 73.2 cm³/mol. The van der Waals surface area contributed by atoms with Gasteiger partial charge in [-0.2, -0.15) is 8.78 Å². The van der Waals surface area contributed by atoms with Crippen LogP contribution in [0.25, 0.3) is 0 Å². The molecule has 116 valence electrons. The Bertz CT molecular complexity index is 538. The van der Waals surface area contributed by atoms with E-state index in [4.69, 9.17) is 9.25 Å². The zero-order valence-corrected chi connectivity index (χ0v) is 12.3. The van der Waals surface area contributed by atoms with Crippen LogP contribution in [0.3, 0.4) is 0 Å². The monoisotopic (exact) mass is 320 g/mol. The van der Waals surface area contributed by atoms with E-state index in [0.29, 0.717) is 29.2 Å². The minimum absolute atomic E-state index is 0.123. The van der Waals surface area contributed by atoms with E-state index in [0.717, 1.165) is 11.8 Å². The van der Waals surface area contributed by atoms with Gasteiger partial charge < -0.3 is 9.25 Å². The van der Waals surface area contributed by atoms with Gasteiger partial charge in [0, 0.05) is 12.2 Å². The number of thioether (sulfide) groups is 1. The first-order chi connectivity index (χ1) is 10.1. The van der Waals surface area contributed by atoms with Gasteiger partial charge in [0.05, 0.1) is 5.69 Å². The molecule has 21 heavy (non-hydrogen) atoms. The molecule has 1 aliphatic carbocycles. The topological polar surface area (TPSA) is 47.6 Å². The molecule has 0 radical (unpaired) electrons. The number of nitrogens with zero attached hydrogens (tertiary/aromatic N) is 2. The molecular formula is C13H15F3N2O2S. The van der Waals surface area contributed by atoms with Gasteiger partial charge in [0.15, 0.2) is 11.6 Å². The second kappa shape index (κ2) is 7.53. The first kappa shape index (κ1) is 15.9. The van der Waals surface area contributed by atoms with Crippen molar-refractivity contribution >= 4 is 18.0 Å². The quantitative estimate of drug-likeness (QED) is 0.407. The third-order valence-corrected chi connectivity index (χ3v) is 3.65. The van der Waals surface area contributed by atoms with Crippen LogP contribution >= 0.6 is 11.8 Å². The van der Waals surface area contributed by atoms with Crippen molar-refractivity contribution in [1.29, 1.82) is 0 Å². The van der Waals surface area contributed by atoms with Crippen molar-refractivity contribution in [3.05, 3.63) is 23.4 Å². The maximum atomic E-state index is 12.6. The summed E-state index contributed by atoms with van der Waals surface area (Å²) in [5.74, 6) is -0.220. The summed E-state index contributed by atoms with van der Waals surface area (Å²) in [6.45, 7) is 2.34. The molecule has 1 saturated carbocycles. The van der Waals surface area contributed by atoms with E-state index in [1.54, 1.807) is 6.92 Å². The van der Waals surface area contributed by atoms with Gasteiger partial charge in [-0.15, -0.1) is 0 Å². The molecule has 0 unspecified atom stereocenters. The number of aromatic nitrogens is 1. The maximum absolute atomic E-state index is 12.6. The zero-order chi connectivity index (χ0) is 15.2. The standard InChI is InChI=1S/C13H15F3N2O2S/c1-8-11(6-17-19-7-9-2-3-9)20-13(18-8)21-5-4-10(14)12(15)16/h6,9H,2-5,7H2,1H3. The third-order valence-electron chi connectivity index (χ3n) is 2.82. The lowest BCUT2D eigenvalue weighted by Crippen LogP contribution is -1.90. The molecule has 4 nitrogen and oxygen atoms in total. The van der Waals surface area contributed by atoms with E-state index in [2.05, 4.69) is 10.1 Å². The summed E-state index contributed by atoms with van der Waals surface area (Å²) in [6.07, 6.45) is 1.16. The molecule has 1 aromatic heterocycles. The van der Waals surface area contributed by atoms with Crippen LogP contribution < -0.4 is 0 Å². The van der Waals surface area contributed by atoms with Gasteiger partial charge >= 0.3 is 6.08 Å². The Hall–Kier alpha value is -1.44. The van der Waals surface area contributed by atoms with Crippen LogP contribution in [0.15, 0.2) is 26.7 Å². The second-order valence-electron chi connectivity index (χ2n) is 4.67. The zero-order valence-electron chi connectivity index (χ0n) is 11.4.